The molecular formula is C15H14FNO3. The van der Waals surface area contributed by atoms with E-state index in [0.29, 0.717) is 17.0 Å². The third kappa shape index (κ3) is 2.88. The van der Waals surface area contributed by atoms with E-state index in [1.165, 1.54) is 37.4 Å². The lowest BCUT2D eigenvalue weighted by Gasteiger charge is -2.09. The zero-order valence-corrected chi connectivity index (χ0v) is 11.1. The highest BCUT2D eigenvalue weighted by molar-refractivity contribution is 6.06. The topological polar surface area (TPSA) is 58.6 Å². The Morgan fingerprint density at radius 1 is 1.25 bits per heavy atom. The predicted molar refractivity (Wildman–Crippen MR) is 73.7 cm³/mol. The lowest BCUT2D eigenvalue weighted by atomic mass is 10.1. The van der Waals surface area contributed by atoms with Crippen LogP contribution in [0.15, 0.2) is 36.4 Å². The quantitative estimate of drug-likeness (QED) is 0.905. The summed E-state index contributed by atoms with van der Waals surface area (Å²) in [5.74, 6) is -0.538. The number of benzene rings is 2. The highest BCUT2D eigenvalue weighted by Gasteiger charge is 2.12. The summed E-state index contributed by atoms with van der Waals surface area (Å²) in [6, 6.07) is 8.64. The minimum absolute atomic E-state index is 0.118. The molecule has 0 heterocycles. The van der Waals surface area contributed by atoms with Crippen molar-refractivity contribution in [3.8, 4) is 11.5 Å². The highest BCUT2D eigenvalue weighted by atomic mass is 19.1. The summed E-state index contributed by atoms with van der Waals surface area (Å²) in [7, 11) is 1.47. The van der Waals surface area contributed by atoms with E-state index in [-0.39, 0.29) is 17.1 Å². The van der Waals surface area contributed by atoms with Crippen molar-refractivity contribution in [3.63, 3.8) is 0 Å². The molecule has 20 heavy (non-hydrogen) atoms. The van der Waals surface area contributed by atoms with Crippen LogP contribution in [0.2, 0.25) is 0 Å². The van der Waals surface area contributed by atoms with Crippen molar-refractivity contribution in [3.05, 3.63) is 53.3 Å². The van der Waals surface area contributed by atoms with E-state index in [9.17, 15) is 14.3 Å². The van der Waals surface area contributed by atoms with Gasteiger partial charge in [0.05, 0.1) is 12.7 Å². The Hall–Kier alpha value is -2.56. The first-order chi connectivity index (χ1) is 9.51. The number of carbonyl (C=O) groups excluding carboxylic acids is 1. The number of aromatic hydroxyl groups is 1. The normalized spacial score (nSPS) is 10.2. The van der Waals surface area contributed by atoms with Gasteiger partial charge in [0.1, 0.15) is 17.3 Å². The number of phenols is 1. The fourth-order valence-corrected chi connectivity index (χ4v) is 1.75. The Balaban J connectivity index is 2.21. The zero-order valence-electron chi connectivity index (χ0n) is 11.1. The molecule has 1 amide bonds. The first-order valence-corrected chi connectivity index (χ1v) is 5.96. The van der Waals surface area contributed by atoms with Gasteiger partial charge in [-0.2, -0.15) is 0 Å². The van der Waals surface area contributed by atoms with Gasteiger partial charge in [-0.05, 0) is 42.8 Å². The van der Waals surface area contributed by atoms with Gasteiger partial charge in [-0.15, -0.1) is 0 Å². The Labute approximate surface area is 115 Å². The van der Waals surface area contributed by atoms with Crippen molar-refractivity contribution >= 4 is 11.6 Å². The van der Waals surface area contributed by atoms with Crippen LogP contribution in [0, 0.1) is 12.7 Å². The largest absolute Gasteiger partial charge is 0.507 e. The van der Waals surface area contributed by atoms with Gasteiger partial charge in [-0.1, -0.05) is 0 Å². The molecule has 0 saturated carbocycles. The molecule has 2 aromatic rings. The molecule has 5 heteroatoms. The lowest BCUT2D eigenvalue weighted by molar-refractivity contribution is 0.102. The van der Waals surface area contributed by atoms with Gasteiger partial charge in [0.25, 0.3) is 5.91 Å². The van der Waals surface area contributed by atoms with Crippen LogP contribution < -0.4 is 10.1 Å². The van der Waals surface area contributed by atoms with Gasteiger partial charge in [0, 0.05) is 11.8 Å². The van der Waals surface area contributed by atoms with Crippen molar-refractivity contribution in [1.29, 1.82) is 0 Å². The fourth-order valence-electron chi connectivity index (χ4n) is 1.75. The molecule has 0 spiro atoms. The van der Waals surface area contributed by atoms with Crippen LogP contribution in [-0.2, 0) is 0 Å². The van der Waals surface area contributed by atoms with Crippen LogP contribution in [0.5, 0.6) is 11.5 Å². The molecule has 0 aliphatic rings. The van der Waals surface area contributed by atoms with Crippen LogP contribution in [0.4, 0.5) is 10.1 Å². The zero-order chi connectivity index (χ0) is 14.7. The summed E-state index contributed by atoms with van der Waals surface area (Å²) in [5.41, 5.74) is 1.01. The van der Waals surface area contributed by atoms with E-state index in [4.69, 9.17) is 4.74 Å². The standard InChI is InChI=1S/C15H14FNO3/c1-9-7-10(3-6-13(9)16)17-15(19)12-5-4-11(20-2)8-14(12)18/h3-8,18H,1-2H3,(H,17,19). The number of halogens is 1. The van der Waals surface area contributed by atoms with Crippen LogP contribution in [-0.4, -0.2) is 18.1 Å². The number of anilines is 1. The first kappa shape index (κ1) is 13.9. The lowest BCUT2D eigenvalue weighted by Crippen LogP contribution is -2.12. The number of amides is 1. The number of nitrogens with one attached hydrogen (secondary N) is 1. The Morgan fingerprint density at radius 2 is 2.00 bits per heavy atom. The summed E-state index contributed by atoms with van der Waals surface area (Å²) >= 11 is 0. The van der Waals surface area contributed by atoms with Crippen molar-refractivity contribution in [1.82, 2.24) is 0 Å². The highest BCUT2D eigenvalue weighted by Crippen LogP contribution is 2.24. The minimum Gasteiger partial charge on any atom is -0.507 e. The second-order valence-electron chi connectivity index (χ2n) is 4.30. The molecular weight excluding hydrogens is 261 g/mol. The number of aryl methyl sites for hydroxylation is 1. The van der Waals surface area contributed by atoms with Gasteiger partial charge in [-0.25, -0.2) is 4.39 Å². The number of hydrogen-bond acceptors (Lipinski definition) is 3. The molecule has 0 fully saturated rings. The van der Waals surface area contributed by atoms with Crippen molar-refractivity contribution in [2.24, 2.45) is 0 Å². The Bertz CT molecular complexity index is 656. The SMILES string of the molecule is COc1ccc(C(=O)Nc2ccc(F)c(C)c2)c(O)c1. The maximum absolute atomic E-state index is 13.1. The van der Waals surface area contributed by atoms with Gasteiger partial charge >= 0.3 is 0 Å². The molecule has 4 nitrogen and oxygen atoms in total. The Morgan fingerprint density at radius 3 is 2.60 bits per heavy atom. The van der Waals surface area contributed by atoms with Crippen LogP contribution >= 0.6 is 0 Å². The molecule has 0 aromatic heterocycles. The van der Waals surface area contributed by atoms with E-state index in [0.717, 1.165) is 0 Å². The molecule has 2 rings (SSSR count). The smallest absolute Gasteiger partial charge is 0.259 e. The third-order valence-electron chi connectivity index (χ3n) is 2.87. The minimum atomic E-state index is -0.476. The number of phenolic OH excluding ortho intramolecular Hbond substituents is 1. The monoisotopic (exact) mass is 275 g/mol. The van der Waals surface area contributed by atoms with Gasteiger partial charge in [-0.3, -0.25) is 4.79 Å². The van der Waals surface area contributed by atoms with Crippen molar-refractivity contribution < 1.29 is 19.0 Å². The summed E-state index contributed by atoms with van der Waals surface area (Å²) in [4.78, 5) is 12.0. The average molecular weight is 275 g/mol. The molecule has 0 aliphatic heterocycles. The third-order valence-corrected chi connectivity index (χ3v) is 2.87. The molecule has 0 saturated heterocycles. The molecule has 0 aliphatic carbocycles. The molecule has 2 aromatic carbocycles. The summed E-state index contributed by atoms with van der Waals surface area (Å²) < 4.78 is 18.1. The van der Waals surface area contributed by atoms with Gasteiger partial charge in [0.15, 0.2) is 0 Å². The van der Waals surface area contributed by atoms with Crippen molar-refractivity contribution in [2.75, 3.05) is 12.4 Å². The van der Waals surface area contributed by atoms with E-state index < -0.39 is 5.91 Å². The van der Waals surface area contributed by atoms with Crippen molar-refractivity contribution in [2.45, 2.75) is 6.92 Å². The van der Waals surface area contributed by atoms with Crippen LogP contribution in [0.1, 0.15) is 15.9 Å². The summed E-state index contributed by atoms with van der Waals surface area (Å²) in [6.07, 6.45) is 0. The second kappa shape index (κ2) is 5.61. The van der Waals surface area contributed by atoms with E-state index in [1.807, 2.05) is 0 Å². The Kier molecular flexibility index (Phi) is 3.89. The average Bonchev–Trinajstić information content (AvgIpc) is 2.42. The fraction of sp³-hybridized carbons (Fsp3) is 0.133. The summed E-state index contributed by atoms with van der Waals surface area (Å²) in [5, 5.41) is 12.4. The van der Waals surface area contributed by atoms with Gasteiger partial charge < -0.3 is 15.2 Å². The molecule has 2 N–H and O–H groups in total. The molecule has 0 bridgehead atoms. The maximum Gasteiger partial charge on any atom is 0.259 e. The van der Waals surface area contributed by atoms with E-state index in [2.05, 4.69) is 5.32 Å². The number of ether oxygens (including phenoxy) is 1. The molecule has 104 valence electrons. The van der Waals surface area contributed by atoms with E-state index >= 15 is 0 Å². The maximum atomic E-state index is 13.1. The number of rotatable bonds is 3. The molecule has 0 atom stereocenters. The first-order valence-electron chi connectivity index (χ1n) is 5.96. The predicted octanol–water partition coefficient (Wildman–Crippen LogP) is 3.10. The molecule has 0 unspecified atom stereocenters. The number of carbonyl (C=O) groups is 1. The van der Waals surface area contributed by atoms with E-state index in [1.54, 1.807) is 13.0 Å². The number of methoxy groups -OCH3 is 1. The van der Waals surface area contributed by atoms with Crippen LogP contribution in [0.25, 0.3) is 0 Å². The second-order valence-corrected chi connectivity index (χ2v) is 4.30. The summed E-state index contributed by atoms with van der Waals surface area (Å²) in [6.45, 7) is 1.61. The van der Waals surface area contributed by atoms with Gasteiger partial charge in [0.2, 0.25) is 0 Å². The number of hydrogen-bond donors (Lipinski definition) is 2. The van der Waals surface area contributed by atoms with Crippen LogP contribution in [0.3, 0.4) is 0 Å². The molecule has 0 radical (unpaired) electrons.